The van der Waals surface area contributed by atoms with Gasteiger partial charge >= 0.3 is 65.1 Å². The Morgan fingerprint density at radius 1 is 1.17 bits per heavy atom. The molecule has 0 heterocycles. The molecule has 0 radical (unpaired) electrons. The van der Waals surface area contributed by atoms with Gasteiger partial charge in [-0.15, -0.1) is 0 Å². The smallest absolute Gasteiger partial charge is 0.790 e. The van der Waals surface area contributed by atoms with Crippen LogP contribution in [0.1, 0.15) is 6.92 Å². The number of phosphoric acid groups is 1. The first kappa shape index (κ1) is 24.3. The second-order valence-electron chi connectivity index (χ2n) is 2.81. The molecule has 0 aliphatic carbocycles. The van der Waals surface area contributed by atoms with E-state index in [1.54, 1.807) is 0 Å². The number of phosphoric ester groups is 1. The van der Waals surface area contributed by atoms with E-state index in [-0.39, 0.29) is 91.1 Å². The van der Waals surface area contributed by atoms with Gasteiger partial charge in [0.05, 0.1) is 27.6 Å². The SMILES string of the molecule is C=C(C)C(=O)OCCOCCOP(=O)([O-])[O-].[Na+].[Na+]. The molecule has 0 aromatic carbocycles. The molecule has 0 saturated heterocycles. The van der Waals surface area contributed by atoms with E-state index >= 15 is 0 Å². The molecule has 0 aliphatic rings. The van der Waals surface area contributed by atoms with Crippen molar-refractivity contribution < 1.29 is 92.3 Å². The second kappa shape index (κ2) is 13.3. The summed E-state index contributed by atoms with van der Waals surface area (Å²) < 4.78 is 23.4. The number of hydrogen-bond acceptors (Lipinski definition) is 7. The van der Waals surface area contributed by atoms with Gasteiger partial charge in [-0.1, -0.05) is 6.58 Å². The van der Waals surface area contributed by atoms with Crippen LogP contribution < -0.4 is 68.9 Å². The van der Waals surface area contributed by atoms with Crippen LogP contribution in [0.25, 0.3) is 0 Å². The Bertz CT molecular complexity index is 291. The Morgan fingerprint density at radius 2 is 1.67 bits per heavy atom. The summed E-state index contributed by atoms with van der Waals surface area (Å²) in [7, 11) is -4.93. The first-order valence-corrected chi connectivity index (χ1v) is 5.86. The van der Waals surface area contributed by atoms with Gasteiger partial charge in [-0.3, -0.25) is 0 Å². The Hall–Kier alpha value is 1.28. The number of ether oxygens (including phenoxy) is 2. The summed E-state index contributed by atoms with van der Waals surface area (Å²) in [6.45, 7) is 4.58. The summed E-state index contributed by atoms with van der Waals surface area (Å²) in [4.78, 5) is 30.8. The van der Waals surface area contributed by atoms with Crippen LogP contribution in [-0.2, 0) is 23.4 Å². The van der Waals surface area contributed by atoms with Crippen LogP contribution in [-0.4, -0.2) is 32.4 Å². The summed E-state index contributed by atoms with van der Waals surface area (Å²) in [6, 6.07) is 0. The third-order valence-electron chi connectivity index (χ3n) is 1.29. The molecule has 0 fully saturated rings. The normalized spacial score (nSPS) is 9.94. The van der Waals surface area contributed by atoms with Crippen LogP contribution in [0.5, 0.6) is 0 Å². The Balaban J connectivity index is -0.00000112. The summed E-state index contributed by atoms with van der Waals surface area (Å²) in [6.07, 6.45) is 0. The van der Waals surface area contributed by atoms with E-state index in [0.29, 0.717) is 0 Å². The summed E-state index contributed by atoms with van der Waals surface area (Å²) >= 11 is 0. The van der Waals surface area contributed by atoms with E-state index in [2.05, 4.69) is 15.8 Å². The van der Waals surface area contributed by atoms with E-state index < -0.39 is 13.8 Å². The van der Waals surface area contributed by atoms with E-state index in [1.165, 1.54) is 6.92 Å². The molecule has 0 aliphatic heterocycles. The van der Waals surface area contributed by atoms with Gasteiger partial charge in [-0.05, 0) is 6.92 Å². The summed E-state index contributed by atoms with van der Waals surface area (Å²) in [5, 5.41) is 0. The molecule has 0 amide bonds. The molecule has 0 N–H and O–H groups in total. The van der Waals surface area contributed by atoms with Crippen molar-refractivity contribution in [3.63, 3.8) is 0 Å². The van der Waals surface area contributed by atoms with E-state index in [4.69, 9.17) is 4.74 Å². The number of esters is 1. The van der Waals surface area contributed by atoms with Crippen molar-refractivity contribution in [2.45, 2.75) is 6.92 Å². The molecule has 0 saturated carbocycles. The molecular weight excluding hydrogens is 285 g/mol. The van der Waals surface area contributed by atoms with Crippen LogP contribution in [0.3, 0.4) is 0 Å². The van der Waals surface area contributed by atoms with Crippen LogP contribution in [0.2, 0.25) is 0 Å². The predicted octanol–water partition coefficient (Wildman–Crippen LogP) is -7.02. The van der Waals surface area contributed by atoms with Crippen molar-refractivity contribution in [2.75, 3.05) is 26.4 Å². The fourth-order valence-corrected chi connectivity index (χ4v) is 0.925. The van der Waals surface area contributed by atoms with Crippen molar-refractivity contribution in [3.05, 3.63) is 12.2 Å². The van der Waals surface area contributed by atoms with Crippen molar-refractivity contribution in [1.29, 1.82) is 0 Å². The zero-order chi connectivity index (χ0) is 12.6. The minimum absolute atomic E-state index is 0. The maximum atomic E-state index is 10.8. The standard InChI is InChI=1S/C8H15O7P.2Na/c1-7(2)8(9)14-5-3-13-4-6-15-16(10,11)12;;/h1,3-6H2,2H3,(H2,10,11,12);;/q;2*+1/p-2. The molecule has 0 rings (SSSR count). The third-order valence-corrected chi connectivity index (χ3v) is 1.79. The van der Waals surface area contributed by atoms with Gasteiger partial charge in [0, 0.05) is 5.57 Å². The van der Waals surface area contributed by atoms with Crippen LogP contribution >= 0.6 is 7.82 Å². The average Bonchev–Trinajstić information content (AvgIpc) is 2.14. The fraction of sp³-hybridized carbons (Fsp3) is 0.625. The first-order valence-electron chi connectivity index (χ1n) is 4.40. The van der Waals surface area contributed by atoms with Crippen LogP contribution in [0.4, 0.5) is 0 Å². The maximum absolute atomic E-state index is 10.8. The number of rotatable bonds is 8. The molecule has 0 aromatic heterocycles. The largest absolute Gasteiger partial charge is 1.00 e. The van der Waals surface area contributed by atoms with Gasteiger partial charge in [0.2, 0.25) is 0 Å². The molecule has 0 atom stereocenters. The Morgan fingerprint density at radius 3 is 2.11 bits per heavy atom. The third kappa shape index (κ3) is 17.3. The van der Waals surface area contributed by atoms with Crippen molar-refractivity contribution in [2.24, 2.45) is 0 Å². The summed E-state index contributed by atoms with van der Waals surface area (Å²) in [5.74, 6) is -0.525. The zero-order valence-corrected chi connectivity index (χ0v) is 15.7. The van der Waals surface area contributed by atoms with Crippen LogP contribution in [0.15, 0.2) is 12.2 Å². The maximum Gasteiger partial charge on any atom is 1.00 e. The molecular formula is C8H13Na2O7P. The van der Waals surface area contributed by atoms with Crippen molar-refractivity contribution in [1.82, 2.24) is 0 Å². The summed E-state index contributed by atoms with van der Waals surface area (Å²) in [5.41, 5.74) is 0.280. The minimum Gasteiger partial charge on any atom is -0.790 e. The second-order valence-corrected chi connectivity index (χ2v) is 3.96. The predicted molar refractivity (Wildman–Crippen MR) is 50.2 cm³/mol. The number of hydrogen-bond donors (Lipinski definition) is 0. The molecule has 0 spiro atoms. The first-order chi connectivity index (χ1) is 7.33. The van der Waals surface area contributed by atoms with Crippen LogP contribution in [0, 0.1) is 0 Å². The fourth-order valence-electron chi connectivity index (χ4n) is 0.627. The quantitative estimate of drug-likeness (QED) is 0.144. The van der Waals surface area contributed by atoms with Crippen molar-refractivity contribution in [3.8, 4) is 0 Å². The van der Waals surface area contributed by atoms with Gasteiger partial charge in [-0.25, -0.2) is 4.79 Å². The van der Waals surface area contributed by atoms with Gasteiger partial charge in [-0.2, -0.15) is 0 Å². The van der Waals surface area contributed by atoms with Gasteiger partial charge < -0.3 is 28.3 Å². The molecule has 18 heavy (non-hydrogen) atoms. The monoisotopic (exact) mass is 298 g/mol. The van der Waals surface area contributed by atoms with E-state index in [0.717, 1.165) is 0 Å². The van der Waals surface area contributed by atoms with Gasteiger partial charge in [0.15, 0.2) is 0 Å². The van der Waals surface area contributed by atoms with Gasteiger partial charge in [0.1, 0.15) is 6.61 Å². The Labute approximate surface area is 150 Å². The molecule has 10 heteroatoms. The Kier molecular flexibility index (Phi) is 17.9. The molecule has 94 valence electrons. The van der Waals surface area contributed by atoms with E-state index in [1.807, 2.05) is 0 Å². The molecule has 0 bridgehead atoms. The number of carbonyl (C=O) groups excluding carboxylic acids is 1. The zero-order valence-electron chi connectivity index (χ0n) is 10.8. The minimum atomic E-state index is -4.93. The van der Waals surface area contributed by atoms with Crippen molar-refractivity contribution >= 4 is 13.8 Å². The average molecular weight is 298 g/mol. The molecule has 0 unspecified atom stereocenters. The number of carbonyl (C=O) groups is 1. The topological polar surface area (TPSA) is 108 Å². The van der Waals surface area contributed by atoms with E-state index in [9.17, 15) is 19.1 Å². The molecule has 0 aromatic rings. The van der Waals surface area contributed by atoms with Gasteiger partial charge in [0.25, 0.3) is 0 Å². The molecule has 7 nitrogen and oxygen atoms in total.